The minimum Gasteiger partial charge on any atom is -0.324 e. The summed E-state index contributed by atoms with van der Waals surface area (Å²) >= 11 is 0. The molecule has 2 aromatic rings. The molecule has 2 aromatic carbocycles. The fourth-order valence-electron chi connectivity index (χ4n) is 1.77. The van der Waals surface area contributed by atoms with Gasteiger partial charge in [-0.1, -0.05) is 6.07 Å². The van der Waals surface area contributed by atoms with Crippen LogP contribution in [-0.2, 0) is 10.1 Å². The standard InChI is InChI=1S/C11H12N2O3S/c1-7-4-10(17(14,15)16)6-8-5-9(13-12)2-3-11(7)8/h2-6,13H,12H2,1H3,(H,14,15,16). The summed E-state index contributed by atoms with van der Waals surface area (Å²) in [6, 6.07) is 8.21. The van der Waals surface area contributed by atoms with Gasteiger partial charge >= 0.3 is 0 Å². The Bertz CT molecular complexity index is 680. The number of fused-ring (bicyclic) bond motifs is 1. The lowest BCUT2D eigenvalue weighted by Crippen LogP contribution is -2.06. The fourth-order valence-corrected chi connectivity index (χ4v) is 2.37. The molecule has 17 heavy (non-hydrogen) atoms. The summed E-state index contributed by atoms with van der Waals surface area (Å²) in [7, 11) is -4.19. The van der Waals surface area contributed by atoms with E-state index in [1.54, 1.807) is 19.1 Å². The van der Waals surface area contributed by atoms with Gasteiger partial charge in [0.05, 0.1) is 4.90 Å². The number of hydrogen-bond donors (Lipinski definition) is 3. The Kier molecular flexibility index (Phi) is 2.78. The zero-order valence-electron chi connectivity index (χ0n) is 9.14. The summed E-state index contributed by atoms with van der Waals surface area (Å²) < 4.78 is 31.2. The number of nitrogens with two attached hydrogens (primary N) is 1. The first kappa shape index (κ1) is 11.8. The van der Waals surface area contributed by atoms with E-state index < -0.39 is 10.1 Å². The number of nitrogen functional groups attached to an aromatic ring is 1. The minimum absolute atomic E-state index is 0.114. The maximum Gasteiger partial charge on any atom is 0.294 e. The van der Waals surface area contributed by atoms with Crippen LogP contribution in [0, 0.1) is 6.92 Å². The first-order valence-corrected chi connectivity index (χ1v) is 6.34. The van der Waals surface area contributed by atoms with Gasteiger partial charge in [0.15, 0.2) is 0 Å². The third kappa shape index (κ3) is 2.23. The summed E-state index contributed by atoms with van der Waals surface area (Å²) in [5.41, 5.74) is 3.93. The molecule has 5 nitrogen and oxygen atoms in total. The predicted octanol–water partition coefficient (Wildman–Crippen LogP) is 1.68. The molecule has 0 radical (unpaired) electrons. The molecule has 0 amide bonds. The van der Waals surface area contributed by atoms with Crippen molar-refractivity contribution in [3.63, 3.8) is 0 Å². The Hall–Kier alpha value is -1.63. The van der Waals surface area contributed by atoms with Crippen LogP contribution in [0.5, 0.6) is 0 Å². The first-order valence-electron chi connectivity index (χ1n) is 4.90. The van der Waals surface area contributed by atoms with Crippen molar-refractivity contribution in [2.24, 2.45) is 5.84 Å². The number of aryl methyl sites for hydroxylation is 1. The maximum atomic E-state index is 11.1. The van der Waals surface area contributed by atoms with E-state index in [2.05, 4.69) is 5.43 Å². The van der Waals surface area contributed by atoms with Crippen molar-refractivity contribution >= 4 is 26.6 Å². The summed E-state index contributed by atoms with van der Waals surface area (Å²) in [6.45, 7) is 1.78. The van der Waals surface area contributed by atoms with Gasteiger partial charge in [-0.15, -0.1) is 0 Å². The third-order valence-electron chi connectivity index (χ3n) is 2.60. The predicted molar refractivity (Wildman–Crippen MR) is 66.3 cm³/mol. The SMILES string of the molecule is Cc1cc(S(=O)(=O)O)cc2cc(NN)ccc12. The van der Waals surface area contributed by atoms with Gasteiger partial charge in [0.25, 0.3) is 10.1 Å². The molecule has 0 saturated heterocycles. The summed E-state index contributed by atoms with van der Waals surface area (Å²) in [5.74, 6) is 5.29. The van der Waals surface area contributed by atoms with Gasteiger partial charge in [0.2, 0.25) is 0 Å². The molecular weight excluding hydrogens is 240 g/mol. The second-order valence-corrected chi connectivity index (χ2v) is 5.22. The number of benzene rings is 2. The maximum absolute atomic E-state index is 11.1. The smallest absolute Gasteiger partial charge is 0.294 e. The molecule has 0 saturated carbocycles. The number of hydrogen-bond acceptors (Lipinski definition) is 4. The van der Waals surface area contributed by atoms with Crippen LogP contribution in [0.1, 0.15) is 5.56 Å². The van der Waals surface area contributed by atoms with Crippen LogP contribution in [0.4, 0.5) is 5.69 Å². The Morgan fingerprint density at radius 1 is 1.24 bits per heavy atom. The van der Waals surface area contributed by atoms with Crippen LogP contribution in [0.3, 0.4) is 0 Å². The van der Waals surface area contributed by atoms with Crippen LogP contribution in [0.2, 0.25) is 0 Å². The molecular formula is C11H12N2O3S. The van der Waals surface area contributed by atoms with Crippen LogP contribution in [-0.4, -0.2) is 13.0 Å². The molecule has 6 heteroatoms. The zero-order chi connectivity index (χ0) is 12.6. The van der Waals surface area contributed by atoms with Crippen LogP contribution in [0.15, 0.2) is 35.2 Å². The molecule has 0 bridgehead atoms. The quantitative estimate of drug-likeness (QED) is 0.429. The monoisotopic (exact) mass is 252 g/mol. The molecule has 0 unspecified atom stereocenters. The lowest BCUT2D eigenvalue weighted by Gasteiger charge is -2.07. The van der Waals surface area contributed by atoms with E-state index >= 15 is 0 Å². The number of nitrogens with one attached hydrogen (secondary N) is 1. The summed E-state index contributed by atoms with van der Waals surface area (Å²) in [5, 5.41) is 1.62. The molecule has 2 rings (SSSR count). The van der Waals surface area contributed by atoms with Gasteiger partial charge in [0, 0.05) is 5.69 Å². The molecule has 0 aliphatic carbocycles. The highest BCUT2D eigenvalue weighted by atomic mass is 32.2. The first-order chi connectivity index (χ1) is 7.91. The van der Waals surface area contributed by atoms with E-state index in [4.69, 9.17) is 10.4 Å². The van der Waals surface area contributed by atoms with Gasteiger partial charge in [-0.2, -0.15) is 8.42 Å². The highest BCUT2D eigenvalue weighted by molar-refractivity contribution is 7.85. The summed E-state index contributed by atoms with van der Waals surface area (Å²) in [4.78, 5) is -0.114. The van der Waals surface area contributed by atoms with E-state index in [1.807, 2.05) is 6.07 Å². The van der Waals surface area contributed by atoms with E-state index in [0.29, 0.717) is 11.1 Å². The Labute approximate surface area is 99.0 Å². The molecule has 0 heterocycles. The van der Waals surface area contributed by atoms with Crippen molar-refractivity contribution in [3.05, 3.63) is 35.9 Å². The largest absolute Gasteiger partial charge is 0.324 e. The van der Waals surface area contributed by atoms with Crippen molar-refractivity contribution in [2.45, 2.75) is 11.8 Å². The van der Waals surface area contributed by atoms with Gasteiger partial charge in [-0.3, -0.25) is 10.4 Å². The van der Waals surface area contributed by atoms with Crippen molar-refractivity contribution in [3.8, 4) is 0 Å². The average Bonchev–Trinajstić information content (AvgIpc) is 2.27. The Morgan fingerprint density at radius 3 is 2.53 bits per heavy atom. The molecule has 0 atom stereocenters. The molecule has 90 valence electrons. The normalized spacial score (nSPS) is 11.7. The summed E-state index contributed by atoms with van der Waals surface area (Å²) in [6.07, 6.45) is 0. The number of anilines is 1. The second kappa shape index (κ2) is 3.99. The van der Waals surface area contributed by atoms with Crippen molar-refractivity contribution in [1.82, 2.24) is 0 Å². The van der Waals surface area contributed by atoms with Crippen LogP contribution < -0.4 is 11.3 Å². The zero-order valence-corrected chi connectivity index (χ0v) is 9.95. The average molecular weight is 252 g/mol. The molecule has 0 aromatic heterocycles. The molecule has 0 aliphatic heterocycles. The van der Waals surface area contributed by atoms with E-state index in [1.165, 1.54) is 12.1 Å². The minimum atomic E-state index is -4.19. The highest BCUT2D eigenvalue weighted by Gasteiger charge is 2.11. The van der Waals surface area contributed by atoms with Gasteiger partial charge in [0.1, 0.15) is 0 Å². The fraction of sp³-hybridized carbons (Fsp3) is 0.0909. The number of rotatable bonds is 2. The third-order valence-corrected chi connectivity index (χ3v) is 3.43. The van der Waals surface area contributed by atoms with E-state index in [0.717, 1.165) is 10.9 Å². The lowest BCUT2D eigenvalue weighted by atomic mass is 10.1. The van der Waals surface area contributed by atoms with Crippen LogP contribution in [0.25, 0.3) is 10.8 Å². The van der Waals surface area contributed by atoms with Gasteiger partial charge in [-0.05, 0) is 47.5 Å². The molecule has 0 spiro atoms. The van der Waals surface area contributed by atoms with Crippen molar-refractivity contribution in [1.29, 1.82) is 0 Å². The second-order valence-electron chi connectivity index (χ2n) is 3.80. The molecule has 4 N–H and O–H groups in total. The van der Waals surface area contributed by atoms with E-state index in [9.17, 15) is 8.42 Å². The van der Waals surface area contributed by atoms with Crippen LogP contribution >= 0.6 is 0 Å². The molecule has 0 aliphatic rings. The lowest BCUT2D eigenvalue weighted by molar-refractivity contribution is 0.483. The van der Waals surface area contributed by atoms with Crippen molar-refractivity contribution in [2.75, 3.05) is 5.43 Å². The van der Waals surface area contributed by atoms with Crippen molar-refractivity contribution < 1.29 is 13.0 Å². The van der Waals surface area contributed by atoms with Gasteiger partial charge in [-0.25, -0.2) is 0 Å². The number of hydrazine groups is 1. The molecule has 0 fully saturated rings. The topological polar surface area (TPSA) is 92.4 Å². The Balaban J connectivity index is 2.79. The highest BCUT2D eigenvalue weighted by Crippen LogP contribution is 2.25. The van der Waals surface area contributed by atoms with E-state index in [-0.39, 0.29) is 4.90 Å². The van der Waals surface area contributed by atoms with Gasteiger partial charge < -0.3 is 5.43 Å². The Morgan fingerprint density at radius 2 is 1.94 bits per heavy atom.